The summed E-state index contributed by atoms with van der Waals surface area (Å²) in [4.78, 5) is 0. The van der Waals surface area contributed by atoms with Gasteiger partial charge in [-0.15, -0.1) is 0 Å². The predicted octanol–water partition coefficient (Wildman–Crippen LogP) is 1.56. The molecule has 0 spiro atoms. The zero-order valence-corrected chi connectivity index (χ0v) is 11.3. The van der Waals surface area contributed by atoms with Gasteiger partial charge < -0.3 is 5.32 Å². The minimum atomic E-state index is 0.624. The molecule has 1 N–H and O–H groups in total. The first kappa shape index (κ1) is 12.8. The molecule has 0 saturated carbocycles. The molecule has 18 heavy (non-hydrogen) atoms. The average molecular weight is 247 g/mol. The molecule has 0 fully saturated rings. The second-order valence-corrected chi connectivity index (χ2v) is 5.05. The third-order valence-corrected chi connectivity index (χ3v) is 2.64. The molecule has 98 valence electrons. The van der Waals surface area contributed by atoms with E-state index in [1.165, 1.54) is 5.56 Å². The van der Waals surface area contributed by atoms with Crippen LogP contribution in [0.1, 0.15) is 25.1 Å². The van der Waals surface area contributed by atoms with Crippen molar-refractivity contribution >= 4 is 0 Å². The zero-order chi connectivity index (χ0) is 13.0. The second kappa shape index (κ2) is 5.82. The van der Waals surface area contributed by atoms with Crippen LogP contribution in [0, 0.1) is 5.92 Å². The van der Waals surface area contributed by atoms with Crippen LogP contribution in [0.25, 0.3) is 0 Å². The molecule has 2 heterocycles. The van der Waals surface area contributed by atoms with Gasteiger partial charge in [0, 0.05) is 44.6 Å². The lowest BCUT2D eigenvalue weighted by Crippen LogP contribution is -2.13. The van der Waals surface area contributed by atoms with Gasteiger partial charge in [-0.3, -0.25) is 9.36 Å². The summed E-state index contributed by atoms with van der Waals surface area (Å²) < 4.78 is 3.82. The zero-order valence-electron chi connectivity index (χ0n) is 11.3. The summed E-state index contributed by atoms with van der Waals surface area (Å²) >= 11 is 0. The van der Waals surface area contributed by atoms with Crippen molar-refractivity contribution in [3.63, 3.8) is 0 Å². The quantitative estimate of drug-likeness (QED) is 0.842. The lowest BCUT2D eigenvalue weighted by Gasteiger charge is -2.03. The summed E-state index contributed by atoms with van der Waals surface area (Å²) in [6, 6.07) is 2.02. The van der Waals surface area contributed by atoms with Gasteiger partial charge in [-0.2, -0.15) is 10.2 Å². The summed E-state index contributed by atoms with van der Waals surface area (Å²) in [6.07, 6.45) is 5.98. The molecule has 0 saturated heterocycles. The Morgan fingerprint density at radius 2 is 2.17 bits per heavy atom. The Bertz CT molecular complexity index is 483. The number of nitrogens with one attached hydrogen (secondary N) is 1. The average Bonchev–Trinajstić information content (AvgIpc) is 2.88. The molecular formula is C13H21N5. The second-order valence-electron chi connectivity index (χ2n) is 5.05. The third kappa shape index (κ3) is 3.70. The highest BCUT2D eigenvalue weighted by Crippen LogP contribution is 2.02. The van der Waals surface area contributed by atoms with Gasteiger partial charge in [0.15, 0.2) is 0 Å². The van der Waals surface area contributed by atoms with Gasteiger partial charge >= 0.3 is 0 Å². The first-order valence-corrected chi connectivity index (χ1v) is 6.34. The molecular weight excluding hydrogens is 226 g/mol. The maximum absolute atomic E-state index is 4.34. The van der Waals surface area contributed by atoms with Crippen molar-refractivity contribution in [1.82, 2.24) is 24.9 Å². The van der Waals surface area contributed by atoms with Gasteiger partial charge in [0.25, 0.3) is 0 Å². The Balaban J connectivity index is 1.78. The van der Waals surface area contributed by atoms with Crippen LogP contribution >= 0.6 is 0 Å². The fraction of sp³-hybridized carbons (Fsp3) is 0.538. The summed E-state index contributed by atoms with van der Waals surface area (Å²) in [5, 5.41) is 12.0. The van der Waals surface area contributed by atoms with Gasteiger partial charge in [-0.25, -0.2) is 0 Å². The van der Waals surface area contributed by atoms with Gasteiger partial charge in [0.05, 0.1) is 11.9 Å². The van der Waals surface area contributed by atoms with Crippen molar-refractivity contribution < 1.29 is 0 Å². The first-order chi connectivity index (χ1) is 8.63. The van der Waals surface area contributed by atoms with E-state index in [9.17, 15) is 0 Å². The first-order valence-electron chi connectivity index (χ1n) is 6.34. The molecule has 2 aromatic rings. The van der Waals surface area contributed by atoms with Crippen LogP contribution in [0.4, 0.5) is 0 Å². The van der Waals surface area contributed by atoms with E-state index in [4.69, 9.17) is 0 Å². The minimum absolute atomic E-state index is 0.624. The van der Waals surface area contributed by atoms with E-state index in [0.717, 1.165) is 25.3 Å². The van der Waals surface area contributed by atoms with Gasteiger partial charge in [0.2, 0.25) is 0 Å². The topological polar surface area (TPSA) is 47.7 Å². The number of aryl methyl sites for hydroxylation is 1. The van der Waals surface area contributed by atoms with Crippen LogP contribution in [0.15, 0.2) is 24.7 Å². The van der Waals surface area contributed by atoms with Crippen LogP contribution < -0.4 is 5.32 Å². The van der Waals surface area contributed by atoms with Gasteiger partial charge in [-0.05, 0) is 12.0 Å². The van der Waals surface area contributed by atoms with Crippen LogP contribution in [0.2, 0.25) is 0 Å². The molecule has 0 aromatic carbocycles. The van der Waals surface area contributed by atoms with Crippen molar-refractivity contribution in [3.8, 4) is 0 Å². The van der Waals surface area contributed by atoms with E-state index in [-0.39, 0.29) is 0 Å². The highest BCUT2D eigenvalue weighted by Gasteiger charge is 2.01. The Morgan fingerprint density at radius 3 is 2.83 bits per heavy atom. The van der Waals surface area contributed by atoms with E-state index >= 15 is 0 Å². The predicted molar refractivity (Wildman–Crippen MR) is 70.8 cm³/mol. The standard InChI is InChI=1S/C13H21N5/c1-11(2)9-18-10-12(7-15-18)6-14-8-13-4-5-17(3)16-13/h4-5,7,10-11,14H,6,8-9H2,1-3H3. The third-order valence-electron chi connectivity index (χ3n) is 2.64. The summed E-state index contributed by atoms with van der Waals surface area (Å²) in [5.41, 5.74) is 2.28. The van der Waals surface area contributed by atoms with Crippen molar-refractivity contribution in [2.45, 2.75) is 33.5 Å². The van der Waals surface area contributed by atoms with E-state index in [1.807, 2.05) is 34.9 Å². The lowest BCUT2D eigenvalue weighted by atomic mass is 10.2. The van der Waals surface area contributed by atoms with Crippen molar-refractivity contribution in [1.29, 1.82) is 0 Å². The highest BCUT2D eigenvalue weighted by atomic mass is 15.3. The van der Waals surface area contributed by atoms with Crippen molar-refractivity contribution in [2.24, 2.45) is 13.0 Å². The summed E-state index contributed by atoms with van der Waals surface area (Å²) in [5.74, 6) is 0.624. The number of hydrogen-bond acceptors (Lipinski definition) is 3. The number of aromatic nitrogens is 4. The maximum atomic E-state index is 4.34. The smallest absolute Gasteiger partial charge is 0.0762 e. The molecule has 0 amide bonds. The van der Waals surface area contributed by atoms with E-state index in [2.05, 4.69) is 35.6 Å². The van der Waals surface area contributed by atoms with E-state index in [0.29, 0.717) is 5.92 Å². The fourth-order valence-corrected chi connectivity index (χ4v) is 1.86. The Morgan fingerprint density at radius 1 is 1.33 bits per heavy atom. The Labute approximate surface area is 108 Å². The highest BCUT2D eigenvalue weighted by molar-refractivity contribution is 5.04. The summed E-state index contributed by atoms with van der Waals surface area (Å²) in [7, 11) is 1.93. The molecule has 2 rings (SSSR count). The molecule has 0 bridgehead atoms. The SMILES string of the molecule is CC(C)Cn1cc(CNCc2ccn(C)n2)cn1. The number of nitrogens with zero attached hydrogens (tertiary/aromatic N) is 4. The molecule has 0 radical (unpaired) electrons. The van der Waals surface area contributed by atoms with Gasteiger partial charge in [0.1, 0.15) is 0 Å². The van der Waals surface area contributed by atoms with Gasteiger partial charge in [-0.1, -0.05) is 13.8 Å². The molecule has 0 aliphatic carbocycles. The van der Waals surface area contributed by atoms with Crippen molar-refractivity contribution in [2.75, 3.05) is 0 Å². The Kier molecular flexibility index (Phi) is 4.15. The maximum Gasteiger partial charge on any atom is 0.0762 e. The molecule has 0 aliphatic rings. The van der Waals surface area contributed by atoms with Crippen LogP contribution in [-0.2, 0) is 26.7 Å². The molecule has 5 nitrogen and oxygen atoms in total. The lowest BCUT2D eigenvalue weighted by molar-refractivity contribution is 0.482. The largest absolute Gasteiger partial charge is 0.307 e. The molecule has 0 atom stereocenters. The molecule has 0 unspecified atom stereocenters. The number of rotatable bonds is 6. The van der Waals surface area contributed by atoms with E-state index < -0.39 is 0 Å². The van der Waals surface area contributed by atoms with Crippen LogP contribution in [0.5, 0.6) is 0 Å². The number of hydrogen-bond donors (Lipinski definition) is 1. The fourth-order valence-electron chi connectivity index (χ4n) is 1.86. The van der Waals surface area contributed by atoms with Crippen LogP contribution in [0.3, 0.4) is 0 Å². The summed E-state index contributed by atoms with van der Waals surface area (Å²) in [6.45, 7) is 6.98. The Hall–Kier alpha value is -1.62. The minimum Gasteiger partial charge on any atom is -0.307 e. The molecule has 0 aliphatic heterocycles. The van der Waals surface area contributed by atoms with Crippen molar-refractivity contribution in [3.05, 3.63) is 35.9 Å². The molecule has 5 heteroatoms. The van der Waals surface area contributed by atoms with Crippen LogP contribution in [-0.4, -0.2) is 19.6 Å². The molecule has 2 aromatic heterocycles. The monoisotopic (exact) mass is 247 g/mol. The normalized spacial score (nSPS) is 11.3. The van der Waals surface area contributed by atoms with E-state index in [1.54, 1.807) is 0 Å².